The highest BCUT2D eigenvalue weighted by Gasteiger charge is 1.95. The van der Waals surface area contributed by atoms with E-state index in [1.165, 1.54) is 0 Å². The van der Waals surface area contributed by atoms with Crippen LogP contribution in [0.4, 0.5) is 5.69 Å². The SMILES string of the molecule is CN=Cc1cc(Cl)ccc1N. The van der Waals surface area contributed by atoms with Gasteiger partial charge in [-0.1, -0.05) is 11.6 Å². The van der Waals surface area contributed by atoms with Crippen LogP contribution in [-0.4, -0.2) is 13.3 Å². The molecule has 0 unspecified atom stereocenters. The standard InChI is InChI=1S/C8H9ClN2/c1-11-5-6-4-7(9)2-3-8(6)10/h2-5H,10H2,1H3. The molecule has 2 nitrogen and oxygen atoms in total. The minimum absolute atomic E-state index is 0.675. The molecule has 0 radical (unpaired) electrons. The second-order valence-corrected chi connectivity index (χ2v) is 2.60. The third kappa shape index (κ3) is 1.95. The average molecular weight is 169 g/mol. The summed E-state index contributed by atoms with van der Waals surface area (Å²) in [4.78, 5) is 3.84. The number of hydrogen-bond acceptors (Lipinski definition) is 2. The summed E-state index contributed by atoms with van der Waals surface area (Å²) >= 11 is 5.74. The number of halogens is 1. The number of benzene rings is 1. The minimum Gasteiger partial charge on any atom is -0.398 e. The molecule has 1 aromatic carbocycles. The number of nitrogen functional groups attached to an aromatic ring is 1. The number of anilines is 1. The molecule has 0 bridgehead atoms. The summed E-state index contributed by atoms with van der Waals surface area (Å²) in [6.45, 7) is 0. The highest BCUT2D eigenvalue weighted by Crippen LogP contribution is 2.15. The Morgan fingerprint density at radius 2 is 2.27 bits per heavy atom. The molecule has 0 spiro atoms. The molecule has 3 heteroatoms. The van der Waals surface area contributed by atoms with Gasteiger partial charge >= 0.3 is 0 Å². The molecule has 0 aliphatic carbocycles. The van der Waals surface area contributed by atoms with Crippen LogP contribution in [0.5, 0.6) is 0 Å². The van der Waals surface area contributed by atoms with Crippen LogP contribution >= 0.6 is 11.6 Å². The van der Waals surface area contributed by atoms with Crippen LogP contribution in [0.3, 0.4) is 0 Å². The third-order valence-corrected chi connectivity index (χ3v) is 1.55. The van der Waals surface area contributed by atoms with Crippen molar-refractivity contribution in [1.29, 1.82) is 0 Å². The fourth-order valence-electron chi connectivity index (χ4n) is 0.797. The van der Waals surface area contributed by atoms with Crippen LogP contribution in [0.25, 0.3) is 0 Å². The van der Waals surface area contributed by atoms with Crippen molar-refractivity contribution in [3.05, 3.63) is 28.8 Å². The average Bonchev–Trinajstić information content (AvgIpc) is 1.98. The lowest BCUT2D eigenvalue weighted by molar-refractivity contribution is 1.46. The Kier molecular flexibility index (Phi) is 2.49. The second kappa shape index (κ2) is 3.39. The Morgan fingerprint density at radius 3 is 2.91 bits per heavy atom. The summed E-state index contributed by atoms with van der Waals surface area (Å²) in [6.07, 6.45) is 1.68. The van der Waals surface area contributed by atoms with Crippen molar-refractivity contribution < 1.29 is 0 Å². The number of nitrogens with zero attached hydrogens (tertiary/aromatic N) is 1. The largest absolute Gasteiger partial charge is 0.398 e. The molecule has 1 aromatic rings. The highest BCUT2D eigenvalue weighted by molar-refractivity contribution is 6.31. The van der Waals surface area contributed by atoms with Crippen LogP contribution < -0.4 is 5.73 Å². The molecule has 0 fully saturated rings. The molecular weight excluding hydrogens is 160 g/mol. The van der Waals surface area contributed by atoms with E-state index in [0.29, 0.717) is 10.7 Å². The van der Waals surface area contributed by atoms with E-state index in [2.05, 4.69) is 4.99 Å². The summed E-state index contributed by atoms with van der Waals surface area (Å²) in [5.41, 5.74) is 7.18. The fraction of sp³-hybridized carbons (Fsp3) is 0.125. The summed E-state index contributed by atoms with van der Waals surface area (Å²) in [5.74, 6) is 0. The Labute approximate surface area is 70.7 Å². The van der Waals surface area contributed by atoms with Gasteiger partial charge in [0.05, 0.1) is 0 Å². The molecule has 0 amide bonds. The van der Waals surface area contributed by atoms with Crippen molar-refractivity contribution in [2.45, 2.75) is 0 Å². The van der Waals surface area contributed by atoms with Crippen molar-refractivity contribution in [1.82, 2.24) is 0 Å². The minimum atomic E-state index is 0.675. The lowest BCUT2D eigenvalue weighted by atomic mass is 10.2. The van der Waals surface area contributed by atoms with Gasteiger partial charge in [0.15, 0.2) is 0 Å². The monoisotopic (exact) mass is 168 g/mol. The number of aliphatic imine (C=N–C) groups is 1. The van der Waals surface area contributed by atoms with Gasteiger partial charge < -0.3 is 5.73 Å². The second-order valence-electron chi connectivity index (χ2n) is 2.16. The zero-order valence-corrected chi connectivity index (χ0v) is 6.97. The van der Waals surface area contributed by atoms with Crippen LogP contribution in [-0.2, 0) is 0 Å². The van der Waals surface area contributed by atoms with Crippen LogP contribution in [0, 0.1) is 0 Å². The molecule has 0 aromatic heterocycles. The Hall–Kier alpha value is -1.02. The van der Waals surface area contributed by atoms with E-state index in [4.69, 9.17) is 17.3 Å². The summed E-state index contributed by atoms with van der Waals surface area (Å²) in [6, 6.07) is 5.30. The molecule has 2 N–H and O–H groups in total. The Balaban J connectivity index is 3.12. The molecule has 0 aliphatic rings. The molecule has 0 heterocycles. The normalized spacial score (nSPS) is 10.7. The van der Waals surface area contributed by atoms with E-state index in [1.54, 1.807) is 31.5 Å². The predicted octanol–water partition coefficient (Wildman–Crippen LogP) is 1.97. The van der Waals surface area contributed by atoms with Gasteiger partial charge in [0, 0.05) is 29.5 Å². The first-order valence-electron chi connectivity index (χ1n) is 3.21. The van der Waals surface area contributed by atoms with Crippen molar-refractivity contribution in [2.75, 3.05) is 12.8 Å². The quantitative estimate of drug-likeness (QED) is 0.506. The molecule has 58 valence electrons. The van der Waals surface area contributed by atoms with Gasteiger partial charge in [0.25, 0.3) is 0 Å². The lowest BCUT2D eigenvalue weighted by Gasteiger charge is -1.98. The number of rotatable bonds is 1. The molecule has 0 aliphatic heterocycles. The zero-order valence-electron chi connectivity index (χ0n) is 6.21. The number of hydrogen-bond donors (Lipinski definition) is 1. The van der Waals surface area contributed by atoms with Gasteiger partial charge in [-0.15, -0.1) is 0 Å². The van der Waals surface area contributed by atoms with E-state index >= 15 is 0 Å². The maximum atomic E-state index is 5.74. The fourth-order valence-corrected chi connectivity index (χ4v) is 0.977. The van der Waals surface area contributed by atoms with Gasteiger partial charge in [0.2, 0.25) is 0 Å². The molecule has 0 atom stereocenters. The van der Waals surface area contributed by atoms with Crippen molar-refractivity contribution in [3.63, 3.8) is 0 Å². The molecule has 1 rings (SSSR count). The van der Waals surface area contributed by atoms with Gasteiger partial charge in [-0.2, -0.15) is 0 Å². The zero-order chi connectivity index (χ0) is 8.27. The topological polar surface area (TPSA) is 38.4 Å². The smallest absolute Gasteiger partial charge is 0.0414 e. The van der Waals surface area contributed by atoms with Crippen LogP contribution in [0.2, 0.25) is 5.02 Å². The van der Waals surface area contributed by atoms with Crippen molar-refractivity contribution in [3.8, 4) is 0 Å². The van der Waals surface area contributed by atoms with E-state index in [-0.39, 0.29) is 0 Å². The van der Waals surface area contributed by atoms with E-state index in [9.17, 15) is 0 Å². The van der Waals surface area contributed by atoms with Gasteiger partial charge in [-0.25, -0.2) is 0 Å². The van der Waals surface area contributed by atoms with Gasteiger partial charge in [-0.3, -0.25) is 4.99 Å². The highest BCUT2D eigenvalue weighted by atomic mass is 35.5. The lowest BCUT2D eigenvalue weighted by Crippen LogP contribution is -1.92. The summed E-state index contributed by atoms with van der Waals surface area (Å²) in [5, 5.41) is 0.675. The molecular formula is C8H9ClN2. The molecule has 11 heavy (non-hydrogen) atoms. The van der Waals surface area contributed by atoms with Crippen molar-refractivity contribution in [2.24, 2.45) is 4.99 Å². The van der Waals surface area contributed by atoms with Gasteiger partial charge in [-0.05, 0) is 18.2 Å². The first-order chi connectivity index (χ1) is 5.24. The van der Waals surface area contributed by atoms with Crippen LogP contribution in [0.1, 0.15) is 5.56 Å². The van der Waals surface area contributed by atoms with E-state index < -0.39 is 0 Å². The summed E-state index contributed by atoms with van der Waals surface area (Å²) < 4.78 is 0. The summed E-state index contributed by atoms with van der Waals surface area (Å²) in [7, 11) is 1.69. The van der Waals surface area contributed by atoms with Crippen LogP contribution in [0.15, 0.2) is 23.2 Å². The Bertz CT molecular complexity index is 281. The maximum absolute atomic E-state index is 5.74. The van der Waals surface area contributed by atoms with E-state index in [1.807, 2.05) is 0 Å². The Morgan fingerprint density at radius 1 is 1.55 bits per heavy atom. The van der Waals surface area contributed by atoms with E-state index in [0.717, 1.165) is 5.56 Å². The van der Waals surface area contributed by atoms with Gasteiger partial charge in [0.1, 0.15) is 0 Å². The van der Waals surface area contributed by atoms with Crippen molar-refractivity contribution >= 4 is 23.5 Å². The number of nitrogens with two attached hydrogens (primary N) is 1. The maximum Gasteiger partial charge on any atom is 0.0414 e. The predicted molar refractivity (Wildman–Crippen MR) is 49.4 cm³/mol. The molecule has 0 saturated carbocycles. The first-order valence-corrected chi connectivity index (χ1v) is 3.59. The third-order valence-electron chi connectivity index (χ3n) is 1.32. The molecule has 0 saturated heterocycles. The first kappa shape index (κ1) is 8.08.